The molecule has 0 N–H and O–H groups in total. The Morgan fingerprint density at radius 1 is 1.09 bits per heavy atom. The molecule has 0 unspecified atom stereocenters. The molecule has 1 aliphatic carbocycles. The third kappa shape index (κ3) is 5.63. The van der Waals surface area contributed by atoms with Crippen LogP contribution in [-0.2, 0) is 20.7 Å². The van der Waals surface area contributed by atoms with E-state index in [-0.39, 0.29) is 24.7 Å². The predicted octanol–water partition coefficient (Wildman–Crippen LogP) is 4.94. The third-order valence-electron chi connectivity index (χ3n) is 6.88. The molecule has 1 aromatic carbocycles. The highest BCUT2D eigenvalue weighted by Crippen LogP contribution is 2.40. The Bertz CT molecular complexity index is 925. The zero-order chi connectivity index (χ0) is 23.6. The Kier molecular flexibility index (Phi) is 6.86. The largest absolute Gasteiger partial charge is 0.444 e. The number of carbonyl (C=O) groups is 3. The van der Waals surface area contributed by atoms with Crippen LogP contribution in [0.3, 0.4) is 0 Å². The second-order valence-electron chi connectivity index (χ2n) is 10.4. The van der Waals surface area contributed by atoms with Gasteiger partial charge in [-0.05, 0) is 50.2 Å². The fourth-order valence-corrected chi connectivity index (χ4v) is 5.38. The maximum absolute atomic E-state index is 13.6. The molecule has 0 radical (unpaired) electrons. The minimum absolute atomic E-state index is 0.0680. The van der Waals surface area contributed by atoms with Gasteiger partial charge in [0.25, 0.3) is 0 Å². The van der Waals surface area contributed by atoms with E-state index < -0.39 is 23.8 Å². The number of ether oxygens (including phenoxy) is 2. The summed E-state index contributed by atoms with van der Waals surface area (Å²) < 4.78 is 10.5. The fraction of sp³-hybridized carbons (Fsp3) is 0.615. The van der Waals surface area contributed by atoms with Crippen LogP contribution in [0, 0.1) is 11.8 Å². The van der Waals surface area contributed by atoms with E-state index in [4.69, 9.17) is 9.47 Å². The summed E-state index contributed by atoms with van der Waals surface area (Å²) in [4.78, 5) is 43.3. The molecule has 2 aliphatic heterocycles. The van der Waals surface area contributed by atoms with Crippen LogP contribution in [0.1, 0.15) is 70.4 Å². The van der Waals surface area contributed by atoms with E-state index >= 15 is 0 Å². The molecule has 0 spiro atoms. The summed E-state index contributed by atoms with van der Waals surface area (Å²) >= 11 is 0. The summed E-state index contributed by atoms with van der Waals surface area (Å²) in [7, 11) is 0. The van der Waals surface area contributed by atoms with Gasteiger partial charge in [-0.25, -0.2) is 9.59 Å². The molecule has 0 aromatic heterocycles. The highest BCUT2D eigenvalue weighted by Gasteiger charge is 2.46. The number of hydrogen-bond donors (Lipinski definition) is 0. The molecule has 3 aliphatic rings. The van der Waals surface area contributed by atoms with Crippen molar-refractivity contribution in [2.75, 3.05) is 13.2 Å². The molecule has 0 bridgehead atoms. The van der Waals surface area contributed by atoms with E-state index in [9.17, 15) is 14.4 Å². The van der Waals surface area contributed by atoms with Gasteiger partial charge in [0.05, 0.1) is 11.8 Å². The summed E-state index contributed by atoms with van der Waals surface area (Å²) in [6, 6.07) is 7.07. The van der Waals surface area contributed by atoms with Crippen LogP contribution in [0.25, 0.3) is 0 Å². The lowest BCUT2D eigenvalue weighted by atomic mass is 9.75. The van der Waals surface area contributed by atoms with Gasteiger partial charge >= 0.3 is 12.2 Å². The van der Waals surface area contributed by atoms with Gasteiger partial charge in [-0.2, -0.15) is 4.99 Å². The van der Waals surface area contributed by atoms with Gasteiger partial charge in [-0.3, -0.25) is 9.69 Å². The average molecular weight is 455 g/mol. The minimum atomic E-state index is -0.600. The Hall–Kier alpha value is -2.70. The van der Waals surface area contributed by atoms with E-state index in [1.807, 2.05) is 45.0 Å². The standard InChI is InChI=1S/C26H34N2O5/c1-26(2,3)33-25(31)28-14-13-20(18-7-5-4-6-8-18)23(28)22(29)15-17-9-11-19(12-10-17)21-16-32-24(30)27-21/h9-12,18,20,23H,4-8,13-16H2,1-3H3/t20-,23-/m0/s1. The van der Waals surface area contributed by atoms with Crippen molar-refractivity contribution in [1.29, 1.82) is 0 Å². The number of carbonyl (C=O) groups excluding carboxylic acids is 3. The lowest BCUT2D eigenvalue weighted by Crippen LogP contribution is -2.47. The molecule has 7 heteroatoms. The van der Waals surface area contributed by atoms with Gasteiger partial charge < -0.3 is 9.47 Å². The number of aliphatic imine (C=N–C) groups is 1. The fourth-order valence-electron chi connectivity index (χ4n) is 5.38. The first kappa shape index (κ1) is 23.5. The third-order valence-corrected chi connectivity index (χ3v) is 6.88. The van der Waals surface area contributed by atoms with Gasteiger partial charge in [0.2, 0.25) is 0 Å². The maximum Gasteiger partial charge on any atom is 0.434 e. The summed E-state index contributed by atoms with van der Waals surface area (Å²) in [5.41, 5.74) is 1.70. The number of hydrogen-bond acceptors (Lipinski definition) is 5. The van der Waals surface area contributed by atoms with Crippen molar-refractivity contribution in [3.8, 4) is 0 Å². The van der Waals surface area contributed by atoms with Crippen molar-refractivity contribution in [2.45, 2.75) is 77.4 Å². The number of amides is 2. The molecule has 7 nitrogen and oxygen atoms in total. The van der Waals surface area contributed by atoms with E-state index in [1.54, 1.807) is 4.90 Å². The quantitative estimate of drug-likeness (QED) is 0.629. The number of likely N-dealkylation sites (tertiary alicyclic amines) is 1. The van der Waals surface area contributed by atoms with Gasteiger partial charge in [0.15, 0.2) is 5.78 Å². The SMILES string of the molecule is CC(C)(C)OC(=O)N1CC[C@@H](C2CCCCC2)[C@H]1C(=O)Cc1ccc(C2=NC(=O)OC2)cc1. The molecule has 2 amide bonds. The number of cyclic esters (lactones) is 1. The summed E-state index contributed by atoms with van der Waals surface area (Å²) in [5, 5.41) is 0. The second kappa shape index (κ2) is 9.65. The molecule has 1 aromatic rings. The molecule has 2 atom stereocenters. The number of nitrogens with zero attached hydrogens (tertiary/aromatic N) is 2. The zero-order valence-electron chi connectivity index (χ0n) is 19.8. The van der Waals surface area contributed by atoms with Crippen molar-refractivity contribution >= 4 is 23.7 Å². The second-order valence-corrected chi connectivity index (χ2v) is 10.4. The first-order valence-corrected chi connectivity index (χ1v) is 12.1. The Morgan fingerprint density at radius 3 is 2.39 bits per heavy atom. The highest BCUT2D eigenvalue weighted by atomic mass is 16.6. The molecule has 2 fully saturated rings. The first-order chi connectivity index (χ1) is 15.7. The van der Waals surface area contributed by atoms with Crippen LogP contribution in [-0.4, -0.2) is 53.4 Å². The molecule has 1 saturated carbocycles. The number of Topliss-reactive ketones (excluding diaryl/α,β-unsaturated/α-hetero) is 1. The van der Waals surface area contributed by atoms with Gasteiger partial charge in [0.1, 0.15) is 12.2 Å². The van der Waals surface area contributed by atoms with Crippen molar-refractivity contribution in [1.82, 2.24) is 4.90 Å². The monoisotopic (exact) mass is 454 g/mol. The molecule has 33 heavy (non-hydrogen) atoms. The van der Waals surface area contributed by atoms with Crippen molar-refractivity contribution in [3.05, 3.63) is 35.4 Å². The lowest BCUT2D eigenvalue weighted by Gasteiger charge is -2.34. The Morgan fingerprint density at radius 2 is 1.79 bits per heavy atom. The van der Waals surface area contributed by atoms with Crippen LogP contribution >= 0.6 is 0 Å². The van der Waals surface area contributed by atoms with E-state index in [1.165, 1.54) is 19.3 Å². The van der Waals surface area contributed by atoms with E-state index in [0.717, 1.165) is 30.4 Å². The smallest absolute Gasteiger partial charge is 0.434 e. The predicted molar refractivity (Wildman–Crippen MR) is 124 cm³/mol. The van der Waals surface area contributed by atoms with Crippen molar-refractivity contribution in [3.63, 3.8) is 0 Å². The summed E-state index contributed by atoms with van der Waals surface area (Å²) in [5.74, 6) is 0.749. The topological polar surface area (TPSA) is 85.3 Å². The molecular formula is C26H34N2O5. The van der Waals surface area contributed by atoms with Gasteiger partial charge in [-0.1, -0.05) is 56.4 Å². The number of rotatable bonds is 5. The normalized spacial score (nSPS) is 23.9. The van der Waals surface area contributed by atoms with Crippen LogP contribution in [0.5, 0.6) is 0 Å². The molecule has 4 rings (SSSR count). The lowest BCUT2D eigenvalue weighted by molar-refractivity contribution is -0.124. The highest BCUT2D eigenvalue weighted by molar-refractivity contribution is 6.09. The van der Waals surface area contributed by atoms with Crippen molar-refractivity contribution in [2.24, 2.45) is 16.8 Å². The maximum atomic E-state index is 13.6. The van der Waals surface area contributed by atoms with Crippen LogP contribution < -0.4 is 0 Å². The molecule has 2 heterocycles. The Labute approximate surface area is 195 Å². The van der Waals surface area contributed by atoms with E-state index in [0.29, 0.717) is 18.2 Å². The van der Waals surface area contributed by atoms with Crippen LogP contribution in [0.2, 0.25) is 0 Å². The molecule has 1 saturated heterocycles. The minimum Gasteiger partial charge on any atom is -0.444 e. The average Bonchev–Trinajstić information content (AvgIpc) is 3.40. The van der Waals surface area contributed by atoms with E-state index in [2.05, 4.69) is 4.99 Å². The zero-order valence-corrected chi connectivity index (χ0v) is 19.8. The number of benzene rings is 1. The van der Waals surface area contributed by atoms with Crippen LogP contribution in [0.4, 0.5) is 9.59 Å². The van der Waals surface area contributed by atoms with Crippen LogP contribution in [0.15, 0.2) is 29.3 Å². The Balaban J connectivity index is 1.50. The summed E-state index contributed by atoms with van der Waals surface area (Å²) in [6.45, 7) is 6.30. The first-order valence-electron chi connectivity index (χ1n) is 12.1. The number of ketones is 1. The van der Waals surface area contributed by atoms with Crippen molar-refractivity contribution < 1.29 is 23.9 Å². The summed E-state index contributed by atoms with van der Waals surface area (Å²) in [6.07, 6.45) is 6.08. The van der Waals surface area contributed by atoms with Gasteiger partial charge in [-0.15, -0.1) is 0 Å². The molecule has 178 valence electrons. The van der Waals surface area contributed by atoms with Gasteiger partial charge in [0, 0.05) is 13.0 Å². The molecular weight excluding hydrogens is 420 g/mol.